The van der Waals surface area contributed by atoms with Crippen LogP contribution in [0.15, 0.2) is 30.3 Å². The quantitative estimate of drug-likeness (QED) is 0.644. The number of carbonyl (C=O) groups excluding carboxylic acids is 2. The number of rotatable bonds is 8. The normalized spacial score (nSPS) is 15.3. The third kappa shape index (κ3) is 6.32. The number of hydrogen-bond donors (Lipinski definition) is 1. The van der Waals surface area contributed by atoms with Gasteiger partial charge in [-0.15, -0.1) is 0 Å². The molecule has 3 rings (SSSR count). The molecule has 1 unspecified atom stereocenters. The molecule has 2 amide bonds. The number of carbonyl (C=O) groups is 2. The molecule has 184 valence electrons. The van der Waals surface area contributed by atoms with Crippen molar-refractivity contribution in [2.24, 2.45) is 0 Å². The fourth-order valence-electron chi connectivity index (χ4n) is 4.24. The first kappa shape index (κ1) is 25.6. The molecule has 1 aliphatic rings. The molecule has 0 aliphatic carbocycles. The van der Waals surface area contributed by atoms with Gasteiger partial charge in [0.15, 0.2) is 0 Å². The van der Waals surface area contributed by atoms with Crippen LogP contribution < -0.4 is 10.2 Å². The Balaban J connectivity index is 1.53. The monoisotopic (exact) mass is 466 g/mol. The summed E-state index contributed by atoms with van der Waals surface area (Å²) >= 11 is 0. The molecule has 0 saturated carbocycles. The summed E-state index contributed by atoms with van der Waals surface area (Å²) in [4.78, 5) is 40.8. The molecule has 0 radical (unpaired) electrons. The van der Waals surface area contributed by atoms with E-state index in [1.165, 1.54) is 4.90 Å². The van der Waals surface area contributed by atoms with Gasteiger partial charge in [-0.2, -0.15) is 0 Å². The van der Waals surface area contributed by atoms with Crippen LogP contribution in [0.5, 0.6) is 0 Å². The van der Waals surface area contributed by atoms with Crippen molar-refractivity contribution in [2.45, 2.75) is 53.0 Å². The van der Waals surface area contributed by atoms with E-state index in [0.29, 0.717) is 0 Å². The van der Waals surface area contributed by atoms with Gasteiger partial charge in [-0.25, -0.2) is 9.97 Å². The molecule has 2 aromatic rings. The van der Waals surface area contributed by atoms with E-state index < -0.39 is 0 Å². The third-order valence-electron chi connectivity index (χ3n) is 6.35. The van der Waals surface area contributed by atoms with Gasteiger partial charge in [0.2, 0.25) is 11.8 Å². The number of anilines is 2. The maximum atomic E-state index is 13.0. The first-order valence-corrected chi connectivity index (χ1v) is 12.2. The number of aryl methyl sites for hydroxylation is 2. The topological polar surface area (TPSA) is 81.7 Å². The number of amides is 2. The summed E-state index contributed by atoms with van der Waals surface area (Å²) in [6.07, 6.45) is 0.835. The molecule has 1 atom stereocenters. The molecule has 8 nitrogen and oxygen atoms in total. The van der Waals surface area contributed by atoms with Crippen LogP contribution in [0.4, 0.5) is 11.5 Å². The molecule has 34 heavy (non-hydrogen) atoms. The minimum Gasteiger partial charge on any atom is -0.354 e. The van der Waals surface area contributed by atoms with Crippen LogP contribution in [-0.4, -0.2) is 77.4 Å². The Morgan fingerprint density at radius 2 is 1.76 bits per heavy atom. The lowest BCUT2D eigenvalue weighted by Crippen LogP contribution is -2.54. The minimum atomic E-state index is -0.291. The maximum Gasteiger partial charge on any atom is 0.243 e. The first-order chi connectivity index (χ1) is 16.2. The predicted molar refractivity (Wildman–Crippen MR) is 136 cm³/mol. The smallest absolute Gasteiger partial charge is 0.243 e. The van der Waals surface area contributed by atoms with Gasteiger partial charge in [0.05, 0.1) is 12.6 Å². The summed E-state index contributed by atoms with van der Waals surface area (Å²) < 4.78 is 0. The summed E-state index contributed by atoms with van der Waals surface area (Å²) in [5.41, 5.74) is 2.86. The Bertz CT molecular complexity index is 1000. The van der Waals surface area contributed by atoms with Crippen molar-refractivity contribution in [2.75, 3.05) is 50.0 Å². The molecule has 1 aromatic carbocycles. The van der Waals surface area contributed by atoms with Crippen molar-refractivity contribution in [3.05, 3.63) is 47.4 Å². The second-order valence-corrected chi connectivity index (χ2v) is 9.33. The lowest BCUT2D eigenvalue weighted by molar-refractivity contribution is -0.137. The predicted octanol–water partition coefficient (Wildman–Crippen LogP) is 3.08. The standard InChI is InChI=1S/C26H38N6O2/c1-7-21-10-8-9-11-22(21)28-24(33)17-30(6)26(34)20(5)31-12-14-32(15-13-31)23-16-19(4)27-25(29-23)18(2)3/h8-11,16,18,20H,7,12-15,17H2,1-6H3,(H,28,33). The zero-order valence-electron chi connectivity index (χ0n) is 21.3. The third-order valence-corrected chi connectivity index (χ3v) is 6.35. The lowest BCUT2D eigenvalue weighted by atomic mass is 10.1. The molecule has 2 heterocycles. The number of hydrogen-bond acceptors (Lipinski definition) is 6. The van der Waals surface area contributed by atoms with Crippen molar-refractivity contribution < 1.29 is 9.59 Å². The van der Waals surface area contributed by atoms with Crippen molar-refractivity contribution in [1.29, 1.82) is 0 Å². The molecule has 1 fully saturated rings. The number of piperazine rings is 1. The summed E-state index contributed by atoms with van der Waals surface area (Å²) in [7, 11) is 1.69. The van der Waals surface area contributed by atoms with Crippen molar-refractivity contribution >= 4 is 23.3 Å². The summed E-state index contributed by atoms with van der Waals surface area (Å²) in [6.45, 7) is 13.3. The van der Waals surface area contributed by atoms with Crippen molar-refractivity contribution in [3.63, 3.8) is 0 Å². The second kappa shape index (κ2) is 11.4. The number of nitrogens with zero attached hydrogens (tertiary/aromatic N) is 5. The van der Waals surface area contributed by atoms with Gasteiger partial charge >= 0.3 is 0 Å². The molecular weight excluding hydrogens is 428 g/mol. The number of nitrogens with one attached hydrogen (secondary N) is 1. The van der Waals surface area contributed by atoms with E-state index in [0.717, 1.165) is 61.2 Å². The Hall–Kier alpha value is -3.00. The average molecular weight is 467 g/mol. The molecule has 8 heteroatoms. The van der Waals surface area contributed by atoms with Crippen molar-refractivity contribution in [1.82, 2.24) is 19.8 Å². The number of benzene rings is 1. The van der Waals surface area contributed by atoms with Crippen LogP contribution in [0.1, 0.15) is 50.7 Å². The Morgan fingerprint density at radius 3 is 2.41 bits per heavy atom. The number of likely N-dealkylation sites (N-methyl/N-ethyl adjacent to an activating group) is 1. The highest BCUT2D eigenvalue weighted by Crippen LogP contribution is 2.20. The maximum absolute atomic E-state index is 13.0. The van der Waals surface area contributed by atoms with Crippen molar-refractivity contribution in [3.8, 4) is 0 Å². The largest absolute Gasteiger partial charge is 0.354 e. The van der Waals surface area contributed by atoms with E-state index in [-0.39, 0.29) is 30.3 Å². The Labute approximate surface area is 203 Å². The molecule has 0 bridgehead atoms. The van der Waals surface area contributed by atoms with E-state index >= 15 is 0 Å². The molecule has 0 spiro atoms. The molecule has 1 aromatic heterocycles. The molecule has 1 saturated heterocycles. The van der Waals surface area contributed by atoms with Gasteiger partial charge in [-0.05, 0) is 31.9 Å². The van der Waals surface area contributed by atoms with Gasteiger partial charge in [0, 0.05) is 56.6 Å². The number of aromatic nitrogens is 2. The zero-order valence-corrected chi connectivity index (χ0v) is 21.3. The first-order valence-electron chi connectivity index (χ1n) is 12.2. The van der Waals surface area contributed by atoms with E-state index in [4.69, 9.17) is 4.98 Å². The number of para-hydroxylation sites is 1. The highest BCUT2D eigenvalue weighted by Gasteiger charge is 2.29. The van der Waals surface area contributed by atoms with Gasteiger partial charge in [0.1, 0.15) is 11.6 Å². The van der Waals surface area contributed by atoms with Crippen LogP contribution in [0.3, 0.4) is 0 Å². The SMILES string of the molecule is CCc1ccccc1NC(=O)CN(C)C(=O)C(C)N1CCN(c2cc(C)nc(C(C)C)n2)CC1. The van der Waals surface area contributed by atoms with Crippen LogP contribution >= 0.6 is 0 Å². The van der Waals surface area contributed by atoms with Gasteiger partial charge in [-0.1, -0.05) is 39.0 Å². The molecule has 1 N–H and O–H groups in total. The van der Waals surface area contributed by atoms with E-state index in [1.54, 1.807) is 7.05 Å². The minimum absolute atomic E-state index is 0.0272. The van der Waals surface area contributed by atoms with Crippen LogP contribution in [-0.2, 0) is 16.0 Å². The van der Waals surface area contributed by atoms with Gasteiger partial charge < -0.3 is 15.1 Å². The highest BCUT2D eigenvalue weighted by atomic mass is 16.2. The molecular formula is C26H38N6O2. The molecule has 1 aliphatic heterocycles. The van der Waals surface area contributed by atoms with Crippen LogP contribution in [0, 0.1) is 6.92 Å². The van der Waals surface area contributed by atoms with Crippen LogP contribution in [0.25, 0.3) is 0 Å². The summed E-state index contributed by atoms with van der Waals surface area (Å²) in [6, 6.07) is 9.49. The fourth-order valence-corrected chi connectivity index (χ4v) is 4.24. The van der Waals surface area contributed by atoms with Crippen LogP contribution in [0.2, 0.25) is 0 Å². The van der Waals surface area contributed by atoms with E-state index in [1.807, 2.05) is 44.2 Å². The summed E-state index contributed by atoms with van der Waals surface area (Å²) in [5, 5.41) is 2.94. The summed E-state index contributed by atoms with van der Waals surface area (Å²) in [5.74, 6) is 1.86. The average Bonchev–Trinajstić information content (AvgIpc) is 2.83. The van der Waals surface area contributed by atoms with Gasteiger partial charge in [-0.3, -0.25) is 14.5 Å². The van der Waals surface area contributed by atoms with E-state index in [2.05, 4.69) is 40.9 Å². The Kier molecular flexibility index (Phi) is 8.61. The van der Waals surface area contributed by atoms with Gasteiger partial charge in [0.25, 0.3) is 0 Å². The highest BCUT2D eigenvalue weighted by molar-refractivity contribution is 5.95. The Morgan fingerprint density at radius 1 is 1.09 bits per heavy atom. The fraction of sp³-hybridized carbons (Fsp3) is 0.538. The zero-order chi connectivity index (χ0) is 24.8. The van der Waals surface area contributed by atoms with E-state index in [9.17, 15) is 9.59 Å². The second-order valence-electron chi connectivity index (χ2n) is 9.33. The lowest BCUT2D eigenvalue weighted by Gasteiger charge is -2.39.